The van der Waals surface area contributed by atoms with Gasteiger partial charge in [-0.3, -0.25) is 9.97 Å². The SMILES string of the molecule is Cc1ccc2c(oc3c4c(ncc32)C(C)(C)c2ccccc2-4)c1-c1cc(C(C)C)ccn1. The maximum absolute atomic E-state index is 6.73. The van der Waals surface area contributed by atoms with Gasteiger partial charge in [0, 0.05) is 39.7 Å². The molecular weight excluding hydrogens is 392 g/mol. The topological polar surface area (TPSA) is 38.9 Å². The highest BCUT2D eigenvalue weighted by atomic mass is 16.3. The van der Waals surface area contributed by atoms with Gasteiger partial charge in [0.15, 0.2) is 0 Å². The summed E-state index contributed by atoms with van der Waals surface area (Å²) in [6.45, 7) is 11.0. The van der Waals surface area contributed by atoms with Gasteiger partial charge in [0.1, 0.15) is 11.2 Å². The second-order valence-electron chi connectivity index (χ2n) is 9.76. The Morgan fingerprint density at radius 3 is 2.47 bits per heavy atom. The summed E-state index contributed by atoms with van der Waals surface area (Å²) >= 11 is 0. The average Bonchev–Trinajstić information content (AvgIpc) is 3.27. The second-order valence-corrected chi connectivity index (χ2v) is 9.76. The molecule has 2 aromatic carbocycles. The van der Waals surface area contributed by atoms with Gasteiger partial charge in [0.05, 0.1) is 11.4 Å². The lowest BCUT2D eigenvalue weighted by Crippen LogP contribution is -2.16. The molecule has 0 bridgehead atoms. The number of hydrogen-bond donors (Lipinski definition) is 0. The van der Waals surface area contributed by atoms with Crippen LogP contribution >= 0.6 is 0 Å². The van der Waals surface area contributed by atoms with Gasteiger partial charge in [-0.2, -0.15) is 0 Å². The minimum absolute atomic E-state index is 0.148. The van der Waals surface area contributed by atoms with E-state index >= 15 is 0 Å². The van der Waals surface area contributed by atoms with E-state index < -0.39 is 0 Å². The van der Waals surface area contributed by atoms with Crippen LogP contribution in [0.3, 0.4) is 0 Å². The first-order chi connectivity index (χ1) is 15.4. The number of rotatable bonds is 2. The first-order valence-electron chi connectivity index (χ1n) is 11.3. The summed E-state index contributed by atoms with van der Waals surface area (Å²) in [6, 6.07) is 17.2. The van der Waals surface area contributed by atoms with Crippen LogP contribution in [0.15, 0.2) is 65.3 Å². The molecule has 0 N–H and O–H groups in total. The van der Waals surface area contributed by atoms with E-state index in [2.05, 4.69) is 83.1 Å². The van der Waals surface area contributed by atoms with Crippen molar-refractivity contribution in [2.24, 2.45) is 0 Å². The van der Waals surface area contributed by atoms with Crippen LogP contribution in [0.2, 0.25) is 0 Å². The van der Waals surface area contributed by atoms with E-state index in [1.54, 1.807) is 0 Å². The molecule has 0 amide bonds. The summed E-state index contributed by atoms with van der Waals surface area (Å²) in [7, 11) is 0. The predicted octanol–water partition coefficient (Wildman–Crippen LogP) is 7.78. The first kappa shape index (κ1) is 19.2. The van der Waals surface area contributed by atoms with E-state index in [1.165, 1.54) is 16.7 Å². The van der Waals surface area contributed by atoms with Crippen molar-refractivity contribution in [3.05, 3.63) is 83.3 Å². The minimum Gasteiger partial charge on any atom is -0.455 e. The van der Waals surface area contributed by atoms with Gasteiger partial charge in [-0.15, -0.1) is 0 Å². The highest BCUT2D eigenvalue weighted by molar-refractivity contribution is 6.14. The molecule has 1 aliphatic carbocycles. The van der Waals surface area contributed by atoms with E-state index in [0.717, 1.165) is 50.0 Å². The minimum atomic E-state index is -0.148. The van der Waals surface area contributed by atoms with Crippen molar-refractivity contribution in [3.63, 3.8) is 0 Å². The Labute approximate surface area is 188 Å². The quantitative estimate of drug-likeness (QED) is 0.294. The van der Waals surface area contributed by atoms with Crippen molar-refractivity contribution < 1.29 is 4.42 Å². The third kappa shape index (κ3) is 2.48. The van der Waals surface area contributed by atoms with Gasteiger partial charge < -0.3 is 4.42 Å². The molecule has 158 valence electrons. The molecule has 5 aromatic rings. The molecule has 0 radical (unpaired) electrons. The summed E-state index contributed by atoms with van der Waals surface area (Å²) in [5, 5.41) is 2.15. The van der Waals surface area contributed by atoms with E-state index in [9.17, 15) is 0 Å². The van der Waals surface area contributed by atoms with E-state index in [0.29, 0.717) is 5.92 Å². The number of hydrogen-bond acceptors (Lipinski definition) is 3. The third-order valence-corrected chi connectivity index (χ3v) is 7.06. The zero-order valence-electron chi connectivity index (χ0n) is 19.2. The van der Waals surface area contributed by atoms with Crippen LogP contribution in [0.4, 0.5) is 0 Å². The highest BCUT2D eigenvalue weighted by Crippen LogP contribution is 2.51. The van der Waals surface area contributed by atoms with Crippen LogP contribution in [-0.2, 0) is 5.41 Å². The number of fused-ring (bicyclic) bond motifs is 7. The Morgan fingerprint density at radius 2 is 1.66 bits per heavy atom. The van der Waals surface area contributed by atoms with Gasteiger partial charge in [0.2, 0.25) is 0 Å². The van der Waals surface area contributed by atoms with E-state index in [-0.39, 0.29) is 5.41 Å². The highest BCUT2D eigenvalue weighted by Gasteiger charge is 2.39. The van der Waals surface area contributed by atoms with Crippen LogP contribution < -0.4 is 0 Å². The summed E-state index contributed by atoms with van der Waals surface area (Å²) in [5.74, 6) is 0.443. The van der Waals surface area contributed by atoms with Gasteiger partial charge >= 0.3 is 0 Å². The summed E-state index contributed by atoms with van der Waals surface area (Å²) in [6.07, 6.45) is 3.90. The maximum atomic E-state index is 6.73. The molecule has 3 heterocycles. The fourth-order valence-electron chi connectivity index (χ4n) is 5.25. The Balaban J connectivity index is 1.71. The van der Waals surface area contributed by atoms with E-state index in [4.69, 9.17) is 14.4 Å². The molecule has 0 aliphatic heterocycles. The number of furan rings is 1. The first-order valence-corrected chi connectivity index (χ1v) is 11.3. The molecule has 3 nitrogen and oxygen atoms in total. The smallest absolute Gasteiger partial charge is 0.146 e. The Hall–Kier alpha value is -3.46. The molecule has 0 saturated carbocycles. The lowest BCUT2D eigenvalue weighted by Gasteiger charge is -2.19. The molecule has 0 spiro atoms. The van der Waals surface area contributed by atoms with Crippen molar-refractivity contribution in [3.8, 4) is 22.4 Å². The van der Waals surface area contributed by atoms with Crippen LogP contribution in [0.1, 0.15) is 56.0 Å². The second kappa shape index (κ2) is 6.52. The lowest BCUT2D eigenvalue weighted by atomic mass is 9.85. The number of benzene rings is 2. The molecule has 3 aromatic heterocycles. The molecule has 6 rings (SSSR count). The van der Waals surface area contributed by atoms with Gasteiger partial charge in [-0.1, -0.05) is 64.1 Å². The number of nitrogens with zero attached hydrogens (tertiary/aromatic N) is 2. The number of aryl methyl sites for hydroxylation is 1. The summed E-state index contributed by atoms with van der Waals surface area (Å²) in [5.41, 5.74) is 10.9. The zero-order chi connectivity index (χ0) is 22.2. The average molecular weight is 419 g/mol. The Kier molecular flexibility index (Phi) is 3.92. The molecular formula is C29H26N2O. The van der Waals surface area contributed by atoms with Crippen molar-refractivity contribution in [2.45, 2.75) is 46.0 Å². The van der Waals surface area contributed by atoms with Crippen molar-refractivity contribution in [2.75, 3.05) is 0 Å². The Morgan fingerprint density at radius 1 is 0.875 bits per heavy atom. The molecule has 1 aliphatic rings. The predicted molar refractivity (Wildman–Crippen MR) is 131 cm³/mol. The number of aromatic nitrogens is 2. The fraction of sp³-hybridized carbons (Fsp3) is 0.241. The number of pyridine rings is 2. The molecule has 0 atom stereocenters. The van der Waals surface area contributed by atoms with Crippen molar-refractivity contribution in [1.29, 1.82) is 0 Å². The lowest BCUT2D eigenvalue weighted by molar-refractivity contribution is 0.633. The van der Waals surface area contributed by atoms with Gasteiger partial charge in [0.25, 0.3) is 0 Å². The third-order valence-electron chi connectivity index (χ3n) is 7.06. The van der Waals surface area contributed by atoms with E-state index in [1.807, 2.05) is 12.4 Å². The molecule has 32 heavy (non-hydrogen) atoms. The normalized spacial score (nSPS) is 14.3. The molecule has 3 heteroatoms. The summed E-state index contributed by atoms with van der Waals surface area (Å²) in [4.78, 5) is 9.69. The molecule has 0 fully saturated rings. The van der Waals surface area contributed by atoms with Crippen molar-refractivity contribution >= 4 is 21.9 Å². The zero-order valence-corrected chi connectivity index (χ0v) is 19.2. The standard InChI is InChI=1S/C29H26N2O/c1-16(2)18-12-13-30-23(14-18)24-17(3)10-11-19-21-15-31-28-25(27(21)32-26(19)24)20-8-6-7-9-22(20)29(28,4)5/h6-16H,1-5H3. The van der Waals surface area contributed by atoms with Crippen LogP contribution in [0, 0.1) is 6.92 Å². The molecule has 0 unspecified atom stereocenters. The molecule has 0 saturated heterocycles. The van der Waals surface area contributed by atoms with Crippen molar-refractivity contribution in [1.82, 2.24) is 9.97 Å². The van der Waals surface area contributed by atoms with Gasteiger partial charge in [-0.25, -0.2) is 0 Å². The summed E-state index contributed by atoms with van der Waals surface area (Å²) < 4.78 is 6.73. The van der Waals surface area contributed by atoms with Crippen LogP contribution in [-0.4, -0.2) is 9.97 Å². The Bertz CT molecular complexity index is 1540. The van der Waals surface area contributed by atoms with Gasteiger partial charge in [-0.05, 0) is 47.2 Å². The largest absolute Gasteiger partial charge is 0.455 e. The van der Waals surface area contributed by atoms with Crippen LogP contribution in [0.25, 0.3) is 44.3 Å². The fourth-order valence-corrected chi connectivity index (χ4v) is 5.25. The van der Waals surface area contributed by atoms with Crippen LogP contribution in [0.5, 0.6) is 0 Å². The monoisotopic (exact) mass is 418 g/mol. The maximum Gasteiger partial charge on any atom is 0.146 e.